The van der Waals surface area contributed by atoms with E-state index in [9.17, 15) is 63.9 Å². The number of likely N-dealkylation sites (tertiary alicyclic amines) is 1. The number of aliphatic hydroxyl groups is 3. The lowest BCUT2D eigenvalue weighted by Gasteiger charge is -2.43. The minimum atomic E-state index is -2.42. The van der Waals surface area contributed by atoms with Crippen molar-refractivity contribution in [2.24, 2.45) is 0 Å². The number of carbonyl (C=O) groups is 8. The molecule has 0 aromatic heterocycles. The molecule has 9 atom stereocenters. The first-order valence-corrected chi connectivity index (χ1v) is 23.5. The number of hydrogen-bond donors (Lipinski definition) is 9. The third kappa shape index (κ3) is 9.82. The molecule has 72 heavy (non-hydrogen) atoms. The fraction of sp³-hybridized carbons (Fsp3) is 0.469. The molecular weight excluding hydrogens is 945 g/mol. The molecule has 384 valence electrons. The normalized spacial score (nSPS) is 25.9. The maximum absolute atomic E-state index is 14.1. The number of phenolic OH excluding ortho intramolecular Hbond substituents is 2. The van der Waals surface area contributed by atoms with E-state index in [-0.39, 0.29) is 60.5 Å². The van der Waals surface area contributed by atoms with Crippen LogP contribution >= 0.6 is 0 Å². The summed E-state index contributed by atoms with van der Waals surface area (Å²) in [6, 6.07) is 9.97. The second kappa shape index (κ2) is 21.0. The third-order valence-electron chi connectivity index (χ3n) is 13.8. The fourth-order valence-electron chi connectivity index (χ4n) is 10.0. The predicted molar refractivity (Wildman–Crippen MR) is 246 cm³/mol. The van der Waals surface area contributed by atoms with Crippen molar-refractivity contribution in [2.75, 3.05) is 39.9 Å². The molecule has 9 N–H and O–H groups in total. The maximum atomic E-state index is 14.1. The van der Waals surface area contributed by atoms with E-state index in [1.807, 2.05) is 6.07 Å². The van der Waals surface area contributed by atoms with Gasteiger partial charge in [0.25, 0.3) is 5.91 Å². The smallest absolute Gasteiger partial charge is 0.411 e. The van der Waals surface area contributed by atoms with Crippen molar-refractivity contribution in [1.29, 1.82) is 0 Å². The number of nitrogens with one attached hydrogen (secondary N) is 4. The molecule has 0 bridgehead atoms. The molecule has 23 nitrogen and oxygen atoms in total. The quantitative estimate of drug-likeness (QED) is 0.0708. The molecule has 3 fully saturated rings. The first-order valence-electron chi connectivity index (χ1n) is 23.5. The SMILES string of the molecule is COc1cccc2c1C(=O)c1c(O)c3c(c(O)c1C2=O)C[C@@](O)(C(=O)CO)C[C@H]3O[C@@H]1C[C@H](NC(=O)[C@@H]2CCCN2C(=O)CNC(=O)[C@H](C)NC(=O)[C@@H]2NCCN2C(=O)OCc2ccccc2)[C@H](O)[C@H](C)O1. The zero-order valence-electron chi connectivity index (χ0n) is 39.5. The molecule has 8 rings (SSSR count). The van der Waals surface area contributed by atoms with Crippen molar-refractivity contribution in [1.82, 2.24) is 31.1 Å². The largest absolute Gasteiger partial charge is 0.507 e. The van der Waals surface area contributed by atoms with Crippen molar-refractivity contribution >= 4 is 47.1 Å². The Hall–Kier alpha value is -7.02. The van der Waals surface area contributed by atoms with Gasteiger partial charge in [-0.15, -0.1) is 0 Å². The summed E-state index contributed by atoms with van der Waals surface area (Å²) in [6.45, 7) is 1.86. The van der Waals surface area contributed by atoms with Gasteiger partial charge in [0.15, 0.2) is 24.0 Å². The van der Waals surface area contributed by atoms with E-state index in [2.05, 4.69) is 21.3 Å². The average Bonchev–Trinajstić information content (AvgIpc) is 4.08. The molecule has 0 radical (unpaired) electrons. The van der Waals surface area contributed by atoms with Crippen molar-refractivity contribution < 1.29 is 82.8 Å². The van der Waals surface area contributed by atoms with E-state index in [4.69, 9.17) is 18.9 Å². The van der Waals surface area contributed by atoms with Crippen LogP contribution in [0.1, 0.15) is 94.2 Å². The van der Waals surface area contributed by atoms with Crippen LogP contribution in [0, 0.1) is 0 Å². The summed E-state index contributed by atoms with van der Waals surface area (Å²) in [5.74, 6) is -7.00. The van der Waals surface area contributed by atoms with Gasteiger partial charge in [-0.2, -0.15) is 0 Å². The number of aromatic hydroxyl groups is 2. The predicted octanol–water partition coefficient (Wildman–Crippen LogP) is -0.661. The van der Waals surface area contributed by atoms with E-state index in [1.165, 1.54) is 49.0 Å². The minimum Gasteiger partial charge on any atom is -0.507 e. The summed E-state index contributed by atoms with van der Waals surface area (Å²) in [4.78, 5) is 110. The van der Waals surface area contributed by atoms with Gasteiger partial charge in [0.2, 0.25) is 23.5 Å². The lowest BCUT2D eigenvalue weighted by atomic mass is 9.72. The first kappa shape index (κ1) is 51.3. The van der Waals surface area contributed by atoms with Gasteiger partial charge in [-0.25, -0.2) is 4.79 Å². The van der Waals surface area contributed by atoms with Crippen LogP contribution in [-0.4, -0.2) is 171 Å². The highest BCUT2D eigenvalue weighted by Crippen LogP contribution is 2.52. The standard InChI is InChI=1S/C49H56N6O17/c1-23(52-47(66)44-50-14-16-55(44)48(67)70-22-25-9-5-4-6-10-25)45(64)51-20-33(58)54-15-8-12-29(54)46(65)53-28-17-34(71-24(2)39(28)59)72-31-19-49(68,32(57)21-56)18-27-36(31)43(63)38-37(41(27)61)40(60)26-11-7-13-30(69-3)35(26)42(38)62/h4-7,9-11,13,23-24,28-29,31,34,39,44,50,56,59,61,63,68H,8,12,14-22H2,1-3H3,(H,51,64)(H,52,66)(H,53,65)/t23-,24-,28-,29-,31+,34+,39+,44+,49-/m0/s1. The topological polar surface area (TPSA) is 329 Å². The van der Waals surface area contributed by atoms with Crippen LogP contribution in [-0.2, 0) is 51.2 Å². The van der Waals surface area contributed by atoms with Gasteiger partial charge in [-0.1, -0.05) is 42.5 Å². The molecule has 0 unspecified atom stereocenters. The summed E-state index contributed by atoms with van der Waals surface area (Å²) in [7, 11) is 1.28. The average molecular weight is 1000 g/mol. The summed E-state index contributed by atoms with van der Waals surface area (Å²) >= 11 is 0. The molecule has 3 aromatic rings. The lowest BCUT2D eigenvalue weighted by Crippen LogP contribution is -2.59. The molecule has 3 saturated heterocycles. The zero-order valence-corrected chi connectivity index (χ0v) is 39.5. The Morgan fingerprint density at radius 1 is 0.944 bits per heavy atom. The lowest BCUT2D eigenvalue weighted by molar-refractivity contribution is -0.249. The number of benzene rings is 3. The van der Waals surface area contributed by atoms with Crippen LogP contribution < -0.4 is 26.0 Å². The van der Waals surface area contributed by atoms with Gasteiger partial charge in [-0.05, 0) is 38.3 Å². The van der Waals surface area contributed by atoms with Gasteiger partial charge < -0.3 is 65.3 Å². The number of aliphatic hydroxyl groups excluding tert-OH is 2. The fourth-order valence-corrected chi connectivity index (χ4v) is 10.0. The van der Waals surface area contributed by atoms with Crippen LogP contribution in [0.15, 0.2) is 48.5 Å². The second-order valence-electron chi connectivity index (χ2n) is 18.4. The highest BCUT2D eigenvalue weighted by Gasteiger charge is 2.51. The Balaban J connectivity index is 0.910. The second-order valence-corrected chi connectivity index (χ2v) is 18.4. The summed E-state index contributed by atoms with van der Waals surface area (Å²) in [5, 5.41) is 67.1. The van der Waals surface area contributed by atoms with Crippen molar-refractivity contribution in [2.45, 2.75) is 107 Å². The Morgan fingerprint density at radius 2 is 1.68 bits per heavy atom. The van der Waals surface area contributed by atoms with E-state index in [0.29, 0.717) is 13.0 Å². The van der Waals surface area contributed by atoms with Crippen LogP contribution in [0.2, 0.25) is 0 Å². The molecule has 0 spiro atoms. The Morgan fingerprint density at radius 3 is 2.40 bits per heavy atom. The molecule has 23 heteroatoms. The Labute approximate surface area is 411 Å². The number of amides is 5. The van der Waals surface area contributed by atoms with E-state index >= 15 is 0 Å². The van der Waals surface area contributed by atoms with Crippen molar-refractivity contribution in [3.63, 3.8) is 0 Å². The van der Waals surface area contributed by atoms with Crippen LogP contribution in [0.25, 0.3) is 0 Å². The number of ether oxygens (including phenoxy) is 4. The van der Waals surface area contributed by atoms with Gasteiger partial charge in [0, 0.05) is 55.6 Å². The summed E-state index contributed by atoms with van der Waals surface area (Å²) in [5.41, 5.74) is -3.65. The number of phenols is 2. The van der Waals surface area contributed by atoms with E-state index < -0.39 is 150 Å². The molecule has 3 heterocycles. The molecule has 0 saturated carbocycles. The van der Waals surface area contributed by atoms with E-state index in [1.54, 1.807) is 24.3 Å². The number of nitrogens with zero attached hydrogens (tertiary/aromatic N) is 2. The van der Waals surface area contributed by atoms with Crippen LogP contribution in [0.3, 0.4) is 0 Å². The number of rotatable bonds is 14. The molecule has 3 aliphatic heterocycles. The summed E-state index contributed by atoms with van der Waals surface area (Å²) < 4.78 is 23.0. The van der Waals surface area contributed by atoms with E-state index in [0.717, 1.165) is 5.56 Å². The van der Waals surface area contributed by atoms with Crippen LogP contribution in [0.5, 0.6) is 17.2 Å². The number of hydrogen-bond acceptors (Lipinski definition) is 18. The monoisotopic (exact) mass is 1000 g/mol. The Bertz CT molecular complexity index is 2680. The molecule has 5 amide bonds. The van der Waals surface area contributed by atoms with Gasteiger partial charge >= 0.3 is 6.09 Å². The van der Waals surface area contributed by atoms with Crippen molar-refractivity contribution in [3.8, 4) is 17.2 Å². The molecule has 3 aromatic carbocycles. The Kier molecular flexibility index (Phi) is 15.0. The minimum absolute atomic E-state index is 0.00291. The maximum Gasteiger partial charge on any atom is 0.411 e. The van der Waals surface area contributed by atoms with Crippen LogP contribution in [0.4, 0.5) is 4.79 Å². The van der Waals surface area contributed by atoms with Crippen molar-refractivity contribution in [3.05, 3.63) is 87.5 Å². The highest BCUT2D eigenvalue weighted by molar-refractivity contribution is 6.31. The summed E-state index contributed by atoms with van der Waals surface area (Å²) in [6.07, 6.45) is -8.10. The molecule has 5 aliphatic rings. The number of ketones is 3. The van der Waals surface area contributed by atoms with Gasteiger partial charge in [0.05, 0.1) is 48.6 Å². The first-order chi connectivity index (χ1) is 34.4. The number of Topliss-reactive ketones (excluding diaryl/α,β-unsaturated/α-hetero) is 1. The number of fused-ring (bicyclic) bond motifs is 3. The zero-order chi connectivity index (χ0) is 51.8. The highest BCUT2D eigenvalue weighted by atomic mass is 16.7. The molecule has 2 aliphatic carbocycles. The third-order valence-corrected chi connectivity index (χ3v) is 13.8. The van der Waals surface area contributed by atoms with Gasteiger partial charge in [-0.3, -0.25) is 43.8 Å². The molecular formula is C49H56N6O17. The number of methoxy groups -OCH3 is 1. The van der Waals surface area contributed by atoms with Gasteiger partial charge in [0.1, 0.15) is 54.3 Å². The number of carbonyl (C=O) groups excluding carboxylic acids is 8.